The van der Waals surface area contributed by atoms with Crippen LogP contribution in [0.4, 0.5) is 0 Å². The number of nitrogens with zero attached hydrogens (tertiary/aromatic N) is 1. The predicted molar refractivity (Wildman–Crippen MR) is 9.16 cm³/mol. The fraction of sp³-hybridized carbons (Fsp3) is 0. The van der Waals surface area contributed by atoms with Gasteiger partial charge in [0.25, 0.3) is 0 Å². The molecule has 0 aromatic rings. The Hall–Kier alpha value is 0.517. The van der Waals surface area contributed by atoms with Crippen LogP contribution in [0.25, 0.3) is 0 Å². The maximum atomic E-state index is 8.00. The maximum Gasteiger partial charge on any atom is 1.00 e. The van der Waals surface area contributed by atoms with Crippen LogP contribution in [0, 0.1) is 10.1 Å². The zero-order valence-electron chi connectivity index (χ0n) is 2.64. The molecule has 0 aromatic carbocycles. The summed E-state index contributed by atoms with van der Waals surface area (Å²) in [6, 6.07) is 0. The van der Waals surface area contributed by atoms with Crippen molar-refractivity contribution in [1.29, 1.82) is 0 Å². The van der Waals surface area contributed by atoms with Crippen LogP contribution in [-0.4, -0.2) is 0 Å². The largest absolute Gasteiger partial charge is 1.00 e. The molecule has 0 spiro atoms. The van der Waals surface area contributed by atoms with Gasteiger partial charge in [0.2, 0.25) is 0 Å². The third kappa shape index (κ3) is 107. The second-order valence-corrected chi connectivity index (χ2v) is 0.0745. The molecule has 0 fully saturated rings. The molecule has 0 saturated carbocycles. The van der Waals surface area contributed by atoms with Gasteiger partial charge >= 0.3 is 18.9 Å². The van der Waals surface area contributed by atoms with Crippen molar-refractivity contribution in [3.05, 3.63) is 10.1 Å². The molecule has 0 unspecified atom stereocenters. The van der Waals surface area contributed by atoms with E-state index < -0.39 is 0 Å². The Bertz CT molecular complexity index is 17.1. The molecule has 5 heteroatoms. The summed E-state index contributed by atoms with van der Waals surface area (Å²) >= 11 is 0. The van der Waals surface area contributed by atoms with Gasteiger partial charge in [-0.2, -0.15) is 0 Å². The van der Waals surface area contributed by atoms with Crippen molar-refractivity contribution in [3.63, 3.8) is 0 Å². The van der Waals surface area contributed by atoms with Crippen molar-refractivity contribution in [2.45, 2.75) is 0 Å². The van der Waals surface area contributed by atoms with E-state index in [1.807, 2.05) is 0 Å². The van der Waals surface area contributed by atoms with Crippen LogP contribution in [0.2, 0.25) is 0 Å². The van der Waals surface area contributed by atoms with E-state index in [0.717, 1.165) is 5.34 Å². The Morgan fingerprint density at radius 3 is 1.60 bits per heavy atom. The summed E-state index contributed by atoms with van der Waals surface area (Å²) in [6.07, 6.45) is 0. The first kappa shape index (κ1) is 17.8. The summed E-state index contributed by atoms with van der Waals surface area (Å²) in [5.41, 5.74) is 0. The first-order valence-electron chi connectivity index (χ1n) is 0.365. The average molecular weight is 108 g/mol. The molecule has 0 N–H and O–H groups in total. The third-order valence-electron chi connectivity index (χ3n) is 0. The quantitative estimate of drug-likeness (QED) is 0.192. The van der Waals surface area contributed by atoms with Crippen LogP contribution >= 0.6 is 0 Å². The monoisotopic (exact) mass is 108 g/mol. The van der Waals surface area contributed by atoms with E-state index in [9.17, 15) is 0 Å². The van der Waals surface area contributed by atoms with Crippen LogP contribution in [-0.2, 0) is 17.1 Å². The summed E-state index contributed by atoms with van der Waals surface area (Å²) in [5.74, 6) is 0. The van der Waals surface area contributed by atoms with Gasteiger partial charge in [-0.25, -0.2) is 0 Å². The Labute approximate surface area is 51.7 Å². The van der Waals surface area contributed by atoms with Crippen LogP contribution < -0.4 is 18.9 Å². The average Bonchev–Trinajstić information content (AvgIpc) is 0.918. The Balaban J connectivity index is -0.0000000200. The smallest absolute Gasteiger partial charge is 0.444 e. The van der Waals surface area contributed by atoms with Gasteiger partial charge in [-0.15, -0.1) is 5.34 Å². The maximum absolute atomic E-state index is 8.00. The molecule has 25 valence electrons. The van der Waals surface area contributed by atoms with Gasteiger partial charge in [0, 0.05) is 17.1 Å². The molecule has 0 aliphatic carbocycles. The molecule has 0 heterocycles. The minimum absolute atomic E-state index is 0. The first-order chi connectivity index (χ1) is 1.41. The predicted octanol–water partition coefficient (Wildman–Crippen LogP) is -2.75. The molecular formula is LiMnNO2. The standard InChI is InChI=1S/Li.Mn.HNO2/c;;2-1-3/h;;(H,2,3)/q+1;;/p-1. The summed E-state index contributed by atoms with van der Waals surface area (Å²) < 4.78 is 0. The van der Waals surface area contributed by atoms with Gasteiger partial charge in [0.05, 0.1) is 0 Å². The van der Waals surface area contributed by atoms with Gasteiger partial charge in [-0.3, -0.25) is 0 Å². The molecular weight excluding hydrogens is 108 g/mol. The van der Waals surface area contributed by atoms with Gasteiger partial charge in [-0.05, 0) is 0 Å². The van der Waals surface area contributed by atoms with Gasteiger partial charge in [0.1, 0.15) is 0 Å². The van der Waals surface area contributed by atoms with E-state index in [1.165, 1.54) is 0 Å². The first-order valence-corrected chi connectivity index (χ1v) is 0.365. The summed E-state index contributed by atoms with van der Waals surface area (Å²) in [7, 11) is 0. The van der Waals surface area contributed by atoms with Gasteiger partial charge < -0.3 is 10.1 Å². The Morgan fingerprint density at radius 1 is 1.60 bits per heavy atom. The zero-order valence-corrected chi connectivity index (χ0v) is 3.82. The second kappa shape index (κ2) is 24.3. The number of rotatable bonds is 0. The van der Waals surface area contributed by atoms with Gasteiger partial charge in [0.15, 0.2) is 0 Å². The topological polar surface area (TPSA) is 52.5 Å². The molecule has 0 aromatic heterocycles. The van der Waals surface area contributed by atoms with E-state index in [2.05, 4.69) is 0 Å². The van der Waals surface area contributed by atoms with E-state index in [0.29, 0.717) is 0 Å². The third-order valence-corrected chi connectivity index (χ3v) is 0. The summed E-state index contributed by atoms with van der Waals surface area (Å²) in [6.45, 7) is 0. The van der Waals surface area contributed by atoms with Crippen molar-refractivity contribution >= 4 is 0 Å². The SMILES string of the molecule is O=N[O-].[Li+].[Mn]. The molecule has 1 radical (unpaired) electrons. The van der Waals surface area contributed by atoms with E-state index in [4.69, 9.17) is 10.1 Å². The molecule has 0 aliphatic rings. The zero-order chi connectivity index (χ0) is 2.71. The van der Waals surface area contributed by atoms with Crippen LogP contribution in [0.1, 0.15) is 0 Å². The summed E-state index contributed by atoms with van der Waals surface area (Å²) in [4.78, 5) is 8.00. The minimum Gasteiger partial charge on any atom is -0.444 e. The van der Waals surface area contributed by atoms with Crippen molar-refractivity contribution in [1.82, 2.24) is 0 Å². The Kier molecular flexibility index (Phi) is 86.3. The molecule has 5 heavy (non-hydrogen) atoms. The Morgan fingerprint density at radius 2 is 1.60 bits per heavy atom. The molecule has 0 atom stereocenters. The molecule has 0 aliphatic heterocycles. The molecule has 0 bridgehead atoms. The number of hydrogen-bond donors (Lipinski definition) is 0. The van der Waals surface area contributed by atoms with E-state index in [1.54, 1.807) is 0 Å². The molecule has 0 amide bonds. The van der Waals surface area contributed by atoms with Crippen molar-refractivity contribution in [2.24, 2.45) is 5.34 Å². The van der Waals surface area contributed by atoms with Crippen molar-refractivity contribution in [2.75, 3.05) is 0 Å². The van der Waals surface area contributed by atoms with E-state index in [-0.39, 0.29) is 35.9 Å². The van der Waals surface area contributed by atoms with Crippen LogP contribution in [0.5, 0.6) is 0 Å². The molecule has 0 saturated heterocycles. The number of hydrogen-bond acceptors (Lipinski definition) is 3. The fourth-order valence-electron chi connectivity index (χ4n) is 0. The van der Waals surface area contributed by atoms with E-state index >= 15 is 0 Å². The van der Waals surface area contributed by atoms with Crippen molar-refractivity contribution < 1.29 is 35.9 Å². The van der Waals surface area contributed by atoms with Crippen LogP contribution in [0.15, 0.2) is 5.34 Å². The van der Waals surface area contributed by atoms with Crippen molar-refractivity contribution in [3.8, 4) is 0 Å². The minimum atomic E-state index is 0. The normalized spacial score (nSPS) is 2.40. The molecule has 3 nitrogen and oxygen atoms in total. The fourth-order valence-corrected chi connectivity index (χ4v) is 0. The summed E-state index contributed by atoms with van der Waals surface area (Å²) in [5, 5.41) is 9.00. The molecule has 0 rings (SSSR count). The van der Waals surface area contributed by atoms with Gasteiger partial charge in [-0.1, -0.05) is 0 Å². The van der Waals surface area contributed by atoms with Crippen LogP contribution in [0.3, 0.4) is 0 Å². The second-order valence-electron chi connectivity index (χ2n) is 0.0745.